The summed E-state index contributed by atoms with van der Waals surface area (Å²) in [6, 6.07) is 9.82. The van der Waals surface area contributed by atoms with Crippen LogP contribution in [0.25, 0.3) is 0 Å². The van der Waals surface area contributed by atoms with Crippen molar-refractivity contribution in [3.8, 4) is 0 Å². The van der Waals surface area contributed by atoms with Gasteiger partial charge in [-0.1, -0.05) is 12.1 Å². The number of sulfonamides is 1. The fraction of sp³-hybridized carbons (Fsp3) is 0.381. The largest absolute Gasteiger partial charge is 0.416 e. The van der Waals surface area contributed by atoms with Crippen LogP contribution in [0.15, 0.2) is 53.4 Å². The van der Waals surface area contributed by atoms with Gasteiger partial charge in [-0.15, -0.1) is 24.8 Å². The van der Waals surface area contributed by atoms with Crippen molar-refractivity contribution in [2.75, 3.05) is 38.6 Å². The minimum Gasteiger partial charge on any atom is -0.378 e. The van der Waals surface area contributed by atoms with E-state index in [-0.39, 0.29) is 49.3 Å². The van der Waals surface area contributed by atoms with Crippen LogP contribution in [0.1, 0.15) is 11.1 Å². The van der Waals surface area contributed by atoms with Gasteiger partial charge < -0.3 is 15.5 Å². The highest BCUT2D eigenvalue weighted by molar-refractivity contribution is 7.89. The summed E-state index contributed by atoms with van der Waals surface area (Å²) in [7, 11) is -0.326. The van der Waals surface area contributed by atoms with E-state index >= 15 is 0 Å². The Kier molecular flexibility index (Phi) is 10.6. The number of benzene rings is 2. The van der Waals surface area contributed by atoms with Gasteiger partial charge in [-0.3, -0.25) is 4.79 Å². The Bertz CT molecular complexity index is 1050. The van der Waals surface area contributed by atoms with E-state index < -0.39 is 33.7 Å². The number of carbonyl (C=O) groups excluding carboxylic acids is 1. The van der Waals surface area contributed by atoms with E-state index in [1.165, 1.54) is 0 Å². The maximum Gasteiger partial charge on any atom is 0.416 e. The number of anilines is 1. The zero-order chi connectivity index (χ0) is 23.5. The number of amides is 1. The van der Waals surface area contributed by atoms with Crippen LogP contribution < -0.4 is 15.5 Å². The quantitative estimate of drug-likeness (QED) is 0.586. The van der Waals surface area contributed by atoms with Gasteiger partial charge in [0.1, 0.15) is 6.04 Å². The van der Waals surface area contributed by atoms with E-state index in [1.807, 2.05) is 43.3 Å². The van der Waals surface area contributed by atoms with Gasteiger partial charge in [0.25, 0.3) is 0 Å². The molecule has 0 bridgehead atoms. The highest BCUT2D eigenvalue weighted by atomic mass is 35.5. The molecule has 0 aromatic heterocycles. The van der Waals surface area contributed by atoms with Crippen molar-refractivity contribution in [1.29, 1.82) is 0 Å². The van der Waals surface area contributed by atoms with Crippen LogP contribution in [0.3, 0.4) is 0 Å². The molecule has 0 radical (unpaired) electrons. The summed E-state index contributed by atoms with van der Waals surface area (Å²) in [5.41, 5.74) is 0.918. The molecule has 1 amide bonds. The summed E-state index contributed by atoms with van der Waals surface area (Å²) >= 11 is 0. The fourth-order valence-electron chi connectivity index (χ4n) is 3.37. The van der Waals surface area contributed by atoms with Crippen molar-refractivity contribution < 1.29 is 26.4 Å². The molecule has 190 valence electrons. The van der Waals surface area contributed by atoms with Gasteiger partial charge in [-0.05, 0) is 42.0 Å². The molecule has 1 fully saturated rings. The van der Waals surface area contributed by atoms with Crippen LogP contribution in [0.4, 0.5) is 18.9 Å². The number of rotatable bonds is 6. The third-order valence-electron chi connectivity index (χ3n) is 5.20. The van der Waals surface area contributed by atoms with Gasteiger partial charge in [0, 0.05) is 46.0 Å². The highest BCUT2D eigenvalue weighted by Crippen LogP contribution is 2.30. The molecule has 1 aliphatic rings. The van der Waals surface area contributed by atoms with Gasteiger partial charge >= 0.3 is 6.18 Å². The standard InChI is InChI=1S/C21H25F3N4O3S.2ClH/c1-27(2)17-7-3-15(4-8-17)13-26-20(29)19-14-25-11-12-28(19)32(30,31)18-9-5-16(6-10-18)21(22,23)24;;/h3-10,19,25H,11-14H2,1-2H3,(H,26,29);2*1H/t19-;;/m1../s1. The van der Waals surface area contributed by atoms with Crippen LogP contribution in [0.2, 0.25) is 0 Å². The van der Waals surface area contributed by atoms with Crippen molar-refractivity contribution in [2.45, 2.75) is 23.7 Å². The van der Waals surface area contributed by atoms with E-state index in [2.05, 4.69) is 10.6 Å². The first-order valence-electron chi connectivity index (χ1n) is 9.94. The number of piperazine rings is 1. The van der Waals surface area contributed by atoms with Crippen molar-refractivity contribution in [1.82, 2.24) is 14.9 Å². The van der Waals surface area contributed by atoms with Gasteiger partial charge in [0.05, 0.1) is 10.5 Å². The maximum absolute atomic E-state index is 13.1. The monoisotopic (exact) mass is 542 g/mol. The maximum atomic E-state index is 13.1. The first kappa shape index (κ1) is 30.0. The molecule has 0 aliphatic carbocycles. The Morgan fingerprint density at radius 2 is 1.68 bits per heavy atom. The van der Waals surface area contributed by atoms with E-state index in [1.54, 1.807) is 0 Å². The normalized spacial score (nSPS) is 16.7. The van der Waals surface area contributed by atoms with Crippen LogP contribution >= 0.6 is 24.8 Å². The van der Waals surface area contributed by atoms with Crippen molar-refractivity contribution in [3.05, 3.63) is 59.7 Å². The molecular weight excluding hydrogens is 516 g/mol. The molecule has 2 aromatic carbocycles. The molecule has 2 N–H and O–H groups in total. The van der Waals surface area contributed by atoms with Crippen LogP contribution in [0, 0.1) is 0 Å². The number of halogens is 5. The summed E-state index contributed by atoms with van der Waals surface area (Å²) < 4.78 is 65.6. The third kappa shape index (κ3) is 6.98. The van der Waals surface area contributed by atoms with Crippen LogP contribution in [-0.2, 0) is 27.5 Å². The average molecular weight is 543 g/mol. The first-order chi connectivity index (χ1) is 15.0. The lowest BCUT2D eigenvalue weighted by Crippen LogP contribution is -2.59. The van der Waals surface area contributed by atoms with Crippen LogP contribution in [0.5, 0.6) is 0 Å². The molecule has 1 aliphatic heterocycles. The molecule has 2 aromatic rings. The number of hydrogen-bond donors (Lipinski definition) is 2. The summed E-state index contributed by atoms with van der Waals surface area (Å²) in [4.78, 5) is 14.5. The molecule has 3 rings (SSSR count). The summed E-state index contributed by atoms with van der Waals surface area (Å²) in [6.45, 7) is 0.678. The van der Waals surface area contributed by atoms with E-state index in [0.717, 1.165) is 39.8 Å². The Morgan fingerprint density at radius 3 is 2.21 bits per heavy atom. The highest BCUT2D eigenvalue weighted by Gasteiger charge is 2.38. The molecule has 0 unspecified atom stereocenters. The second-order valence-electron chi connectivity index (χ2n) is 7.64. The zero-order valence-corrected chi connectivity index (χ0v) is 21.0. The summed E-state index contributed by atoms with van der Waals surface area (Å²) in [6.07, 6.45) is -4.56. The minimum atomic E-state index is -4.56. The molecule has 1 saturated heterocycles. The molecule has 0 saturated carbocycles. The second kappa shape index (κ2) is 12.1. The number of carbonyl (C=O) groups is 1. The molecule has 1 heterocycles. The summed E-state index contributed by atoms with van der Waals surface area (Å²) in [5.74, 6) is -0.482. The van der Waals surface area contributed by atoms with Crippen LogP contribution in [-0.4, -0.2) is 58.4 Å². The van der Waals surface area contributed by atoms with E-state index in [0.29, 0.717) is 6.54 Å². The second-order valence-corrected chi connectivity index (χ2v) is 9.53. The first-order valence-corrected chi connectivity index (χ1v) is 11.4. The number of nitrogens with one attached hydrogen (secondary N) is 2. The smallest absolute Gasteiger partial charge is 0.378 e. The third-order valence-corrected chi connectivity index (χ3v) is 7.13. The van der Waals surface area contributed by atoms with Crippen molar-refractivity contribution in [3.63, 3.8) is 0 Å². The molecule has 13 heteroatoms. The van der Waals surface area contributed by atoms with Gasteiger partial charge in [0.15, 0.2) is 0 Å². The molecule has 34 heavy (non-hydrogen) atoms. The van der Waals surface area contributed by atoms with Crippen molar-refractivity contribution in [2.24, 2.45) is 0 Å². The predicted molar refractivity (Wildman–Crippen MR) is 129 cm³/mol. The van der Waals surface area contributed by atoms with Crippen molar-refractivity contribution >= 4 is 46.4 Å². The number of hydrogen-bond acceptors (Lipinski definition) is 5. The lowest BCUT2D eigenvalue weighted by Gasteiger charge is -2.34. The van der Waals surface area contributed by atoms with E-state index in [4.69, 9.17) is 0 Å². The topological polar surface area (TPSA) is 81.8 Å². The Hall–Kier alpha value is -2.05. The minimum absolute atomic E-state index is 0. The average Bonchev–Trinajstić information content (AvgIpc) is 2.77. The SMILES string of the molecule is CN(C)c1ccc(CNC(=O)[C@H]2CNCCN2S(=O)(=O)c2ccc(C(F)(F)F)cc2)cc1.Cl.Cl. The summed E-state index contributed by atoms with van der Waals surface area (Å²) in [5, 5.41) is 5.75. The Labute approximate surface area is 209 Å². The van der Waals surface area contributed by atoms with Gasteiger partial charge in [0.2, 0.25) is 15.9 Å². The lowest BCUT2D eigenvalue weighted by molar-refractivity contribution is -0.137. The van der Waals surface area contributed by atoms with Gasteiger partial charge in [-0.25, -0.2) is 8.42 Å². The zero-order valence-electron chi connectivity index (χ0n) is 18.5. The predicted octanol–water partition coefficient (Wildman–Crippen LogP) is 2.89. The Balaban J connectivity index is 0.00000289. The van der Waals surface area contributed by atoms with E-state index in [9.17, 15) is 26.4 Å². The lowest BCUT2D eigenvalue weighted by atomic mass is 10.2. The number of alkyl halides is 3. The Morgan fingerprint density at radius 1 is 1.09 bits per heavy atom. The fourth-order valence-corrected chi connectivity index (χ4v) is 4.95. The molecular formula is C21H27Cl2F3N4O3S. The number of nitrogens with zero attached hydrogens (tertiary/aromatic N) is 2. The van der Waals surface area contributed by atoms with Gasteiger partial charge in [-0.2, -0.15) is 17.5 Å². The molecule has 7 nitrogen and oxygen atoms in total. The molecule has 1 atom stereocenters. The molecule has 0 spiro atoms.